The molecule has 1 aliphatic rings. The molecular formula is C27H52N2O9Si. The molecule has 39 heavy (non-hydrogen) atoms. The Bertz CT molecular complexity index is 638. The van der Waals surface area contributed by atoms with E-state index in [2.05, 4.69) is 22.8 Å². The maximum absolute atomic E-state index is 12.0. The largest absolute Gasteiger partial charge is 0.500 e. The first-order valence-electron chi connectivity index (χ1n) is 14.6. The molecule has 0 heterocycles. The molecule has 12 heteroatoms. The summed E-state index contributed by atoms with van der Waals surface area (Å²) < 4.78 is 39.3. The summed E-state index contributed by atoms with van der Waals surface area (Å²) in [5, 5.41) is 5.63. The van der Waals surface area contributed by atoms with Gasteiger partial charge in [0.25, 0.3) is 0 Å². The van der Waals surface area contributed by atoms with E-state index in [1.165, 1.54) is 0 Å². The van der Waals surface area contributed by atoms with Gasteiger partial charge in [0.15, 0.2) is 0 Å². The molecule has 0 radical (unpaired) electrons. The minimum atomic E-state index is -2.66. The van der Waals surface area contributed by atoms with Gasteiger partial charge in [0.2, 0.25) is 5.91 Å². The summed E-state index contributed by atoms with van der Waals surface area (Å²) >= 11 is 0. The predicted molar refractivity (Wildman–Crippen MR) is 151 cm³/mol. The number of carbonyl (C=O) groups excluding carboxylic acids is 2. The standard InChI is InChI=1S/C27H52N2O9Si/c1-4-35-39(36-5-2,37-6-3)24-12-16-28-26(30)15-18-32-20-22-34-23-21-33-19-17-29-27(31)38-25-13-10-8-7-9-11-14-25/h7-8,25H,4-6,9-24H2,1-3H3,(H,28,30)(H,29,31)/b8-7-. The third kappa shape index (κ3) is 19.2. The van der Waals surface area contributed by atoms with Crippen LogP contribution in [0.1, 0.15) is 65.7 Å². The van der Waals surface area contributed by atoms with Gasteiger partial charge < -0.3 is 42.9 Å². The Labute approximate surface area is 236 Å². The quantitative estimate of drug-likeness (QED) is 0.107. The fourth-order valence-corrected chi connectivity index (χ4v) is 6.60. The summed E-state index contributed by atoms with van der Waals surface area (Å²) in [5.74, 6) is -0.0554. The van der Waals surface area contributed by atoms with Crippen LogP contribution in [-0.4, -0.2) is 99.5 Å². The highest BCUT2D eigenvalue weighted by atomic mass is 28.4. The maximum Gasteiger partial charge on any atom is 0.500 e. The third-order valence-corrected chi connectivity index (χ3v) is 8.95. The summed E-state index contributed by atoms with van der Waals surface area (Å²) in [7, 11) is -2.66. The number of amides is 2. The van der Waals surface area contributed by atoms with Gasteiger partial charge in [-0.05, 0) is 59.3 Å². The zero-order valence-electron chi connectivity index (χ0n) is 24.3. The molecule has 0 saturated carbocycles. The topological polar surface area (TPSA) is 123 Å². The first-order chi connectivity index (χ1) is 19.0. The van der Waals surface area contributed by atoms with E-state index in [-0.39, 0.29) is 18.1 Å². The van der Waals surface area contributed by atoms with Crippen LogP contribution < -0.4 is 10.6 Å². The minimum Gasteiger partial charge on any atom is -0.446 e. The second-order valence-electron chi connectivity index (χ2n) is 8.96. The molecular weight excluding hydrogens is 524 g/mol. The van der Waals surface area contributed by atoms with E-state index in [9.17, 15) is 9.59 Å². The molecule has 1 aliphatic carbocycles. The van der Waals surface area contributed by atoms with Crippen LogP contribution in [0.4, 0.5) is 4.79 Å². The lowest BCUT2D eigenvalue weighted by Crippen LogP contribution is -2.46. The van der Waals surface area contributed by atoms with E-state index < -0.39 is 8.80 Å². The lowest BCUT2D eigenvalue weighted by molar-refractivity contribution is -0.122. The summed E-state index contributed by atoms with van der Waals surface area (Å²) in [6.45, 7) is 10.8. The Morgan fingerprint density at radius 1 is 0.769 bits per heavy atom. The number of carbonyl (C=O) groups is 2. The van der Waals surface area contributed by atoms with Crippen LogP contribution in [0.15, 0.2) is 12.2 Å². The fraction of sp³-hybridized carbons (Fsp3) is 0.852. The Morgan fingerprint density at radius 2 is 1.38 bits per heavy atom. The predicted octanol–water partition coefficient (Wildman–Crippen LogP) is 3.60. The van der Waals surface area contributed by atoms with Crippen molar-refractivity contribution in [2.45, 2.75) is 77.9 Å². The van der Waals surface area contributed by atoms with Crippen LogP contribution in [0.2, 0.25) is 6.04 Å². The molecule has 2 N–H and O–H groups in total. The van der Waals surface area contributed by atoms with Crippen LogP contribution >= 0.6 is 0 Å². The van der Waals surface area contributed by atoms with E-state index in [1.807, 2.05) is 20.8 Å². The smallest absolute Gasteiger partial charge is 0.446 e. The number of hydrogen-bond donors (Lipinski definition) is 2. The molecule has 228 valence electrons. The van der Waals surface area contributed by atoms with Gasteiger partial charge in [-0.2, -0.15) is 0 Å². The summed E-state index contributed by atoms with van der Waals surface area (Å²) in [5.41, 5.74) is 0. The van der Waals surface area contributed by atoms with E-state index in [1.54, 1.807) is 0 Å². The summed E-state index contributed by atoms with van der Waals surface area (Å²) in [6.07, 6.45) is 9.79. The average Bonchev–Trinajstić information content (AvgIpc) is 2.89. The number of hydrogen-bond acceptors (Lipinski definition) is 9. The van der Waals surface area contributed by atoms with Crippen molar-refractivity contribution in [1.29, 1.82) is 0 Å². The van der Waals surface area contributed by atoms with Crippen molar-refractivity contribution in [1.82, 2.24) is 10.6 Å². The van der Waals surface area contributed by atoms with E-state index >= 15 is 0 Å². The first kappa shape index (κ1) is 35.5. The maximum atomic E-state index is 12.0. The van der Waals surface area contributed by atoms with Crippen LogP contribution in [0, 0.1) is 0 Å². The SMILES string of the molecule is CCO[Si](CCCNC(=O)CCOCCOCCOCCNC(=O)OC1CC/C=C\CCC1)(OCC)OCC. The van der Waals surface area contributed by atoms with Crippen molar-refractivity contribution in [3.8, 4) is 0 Å². The minimum absolute atomic E-state index is 0.0131. The van der Waals surface area contributed by atoms with E-state index in [4.69, 9.17) is 32.2 Å². The highest BCUT2D eigenvalue weighted by molar-refractivity contribution is 6.60. The van der Waals surface area contributed by atoms with Crippen molar-refractivity contribution < 1.29 is 41.8 Å². The molecule has 2 amide bonds. The van der Waals surface area contributed by atoms with Gasteiger partial charge in [0.05, 0.1) is 39.6 Å². The number of ether oxygens (including phenoxy) is 4. The number of alkyl carbamates (subject to hydrolysis) is 1. The molecule has 0 aliphatic heterocycles. The van der Waals surface area contributed by atoms with E-state index in [0.29, 0.717) is 85.0 Å². The van der Waals surface area contributed by atoms with Gasteiger partial charge in [-0.25, -0.2) is 4.79 Å². The number of allylic oxidation sites excluding steroid dienone is 2. The molecule has 0 aromatic heterocycles. The Hall–Kier alpha value is -1.54. The van der Waals surface area contributed by atoms with Gasteiger partial charge in [-0.15, -0.1) is 0 Å². The van der Waals surface area contributed by atoms with Crippen LogP contribution in [-0.2, 0) is 37.0 Å². The van der Waals surface area contributed by atoms with Crippen LogP contribution in [0.5, 0.6) is 0 Å². The molecule has 11 nitrogen and oxygen atoms in total. The summed E-state index contributed by atoms with van der Waals surface area (Å²) in [4.78, 5) is 23.9. The van der Waals surface area contributed by atoms with Gasteiger partial charge in [0, 0.05) is 45.4 Å². The van der Waals surface area contributed by atoms with Crippen molar-refractivity contribution in [2.75, 3.05) is 72.6 Å². The van der Waals surface area contributed by atoms with Crippen molar-refractivity contribution >= 4 is 20.8 Å². The molecule has 0 fully saturated rings. The van der Waals surface area contributed by atoms with Gasteiger partial charge in [-0.3, -0.25) is 4.79 Å². The second-order valence-corrected chi connectivity index (χ2v) is 11.7. The number of rotatable bonds is 23. The highest BCUT2D eigenvalue weighted by Gasteiger charge is 2.39. The normalized spacial score (nSPS) is 16.7. The van der Waals surface area contributed by atoms with Crippen LogP contribution in [0.25, 0.3) is 0 Å². The van der Waals surface area contributed by atoms with Crippen LogP contribution in [0.3, 0.4) is 0 Å². The second kappa shape index (κ2) is 24.3. The zero-order chi connectivity index (χ0) is 28.4. The van der Waals surface area contributed by atoms with Gasteiger partial charge in [-0.1, -0.05) is 12.2 Å². The van der Waals surface area contributed by atoms with Crippen molar-refractivity contribution in [3.05, 3.63) is 12.2 Å². The van der Waals surface area contributed by atoms with Crippen molar-refractivity contribution in [2.24, 2.45) is 0 Å². The third-order valence-electron chi connectivity index (χ3n) is 5.80. The molecule has 0 aromatic rings. The summed E-state index contributed by atoms with van der Waals surface area (Å²) in [6, 6.07) is 0.669. The first-order valence-corrected chi connectivity index (χ1v) is 16.5. The Kier molecular flexibility index (Phi) is 22.1. The van der Waals surface area contributed by atoms with E-state index in [0.717, 1.165) is 38.5 Å². The zero-order valence-corrected chi connectivity index (χ0v) is 25.3. The molecule has 0 aromatic carbocycles. The molecule has 0 spiro atoms. The molecule has 1 unspecified atom stereocenters. The molecule has 0 bridgehead atoms. The number of nitrogens with one attached hydrogen (secondary N) is 2. The van der Waals surface area contributed by atoms with Gasteiger partial charge in [0.1, 0.15) is 6.10 Å². The molecule has 1 atom stereocenters. The highest BCUT2D eigenvalue weighted by Crippen LogP contribution is 2.18. The molecule has 0 saturated heterocycles. The van der Waals surface area contributed by atoms with Crippen molar-refractivity contribution in [3.63, 3.8) is 0 Å². The fourth-order valence-electron chi connectivity index (χ4n) is 3.99. The lowest BCUT2D eigenvalue weighted by Gasteiger charge is -2.28. The monoisotopic (exact) mass is 576 g/mol. The van der Waals surface area contributed by atoms with Gasteiger partial charge >= 0.3 is 14.9 Å². The average molecular weight is 577 g/mol. The Morgan fingerprint density at radius 3 is 2.05 bits per heavy atom. The molecule has 1 rings (SSSR count). The lowest BCUT2D eigenvalue weighted by atomic mass is 10.0. The Balaban J connectivity index is 1.92.